The SMILES string of the molecule is C=CCN(CCc1ccccc1)Cc1cccc(OC)c1OCc1ccccc1. The minimum absolute atomic E-state index is 0.514. The van der Waals surface area contributed by atoms with E-state index in [1.165, 1.54) is 5.56 Å². The van der Waals surface area contributed by atoms with Crippen molar-refractivity contribution in [3.05, 3.63) is 108 Å². The molecule has 0 bridgehead atoms. The van der Waals surface area contributed by atoms with Gasteiger partial charge in [-0.2, -0.15) is 0 Å². The average Bonchev–Trinajstić information content (AvgIpc) is 2.78. The zero-order chi connectivity index (χ0) is 20.3. The minimum Gasteiger partial charge on any atom is -0.493 e. The molecule has 0 N–H and O–H groups in total. The summed E-state index contributed by atoms with van der Waals surface area (Å²) in [5.41, 5.74) is 3.60. The maximum absolute atomic E-state index is 6.21. The zero-order valence-corrected chi connectivity index (χ0v) is 17.1. The molecule has 3 rings (SSSR count). The van der Waals surface area contributed by atoms with Crippen molar-refractivity contribution in [3.63, 3.8) is 0 Å². The van der Waals surface area contributed by atoms with E-state index in [2.05, 4.69) is 60.0 Å². The molecule has 0 atom stereocenters. The number of benzene rings is 3. The summed E-state index contributed by atoms with van der Waals surface area (Å²) in [4.78, 5) is 2.38. The first kappa shape index (κ1) is 20.7. The van der Waals surface area contributed by atoms with Crippen LogP contribution in [0.2, 0.25) is 0 Å². The Kier molecular flexibility index (Phi) is 7.90. The van der Waals surface area contributed by atoms with Crippen LogP contribution in [0.1, 0.15) is 16.7 Å². The number of ether oxygens (including phenoxy) is 2. The van der Waals surface area contributed by atoms with Crippen LogP contribution in [-0.2, 0) is 19.6 Å². The highest BCUT2D eigenvalue weighted by molar-refractivity contribution is 5.46. The lowest BCUT2D eigenvalue weighted by Crippen LogP contribution is -2.26. The van der Waals surface area contributed by atoms with Gasteiger partial charge in [-0.15, -0.1) is 6.58 Å². The molecular formula is C26H29NO2. The fourth-order valence-electron chi connectivity index (χ4n) is 3.33. The van der Waals surface area contributed by atoms with Gasteiger partial charge in [0.25, 0.3) is 0 Å². The third-order valence-corrected chi connectivity index (χ3v) is 4.85. The molecule has 0 aliphatic heterocycles. The normalized spacial score (nSPS) is 10.7. The number of rotatable bonds is 11. The molecule has 0 radical (unpaired) electrons. The summed E-state index contributed by atoms with van der Waals surface area (Å²) < 4.78 is 11.8. The lowest BCUT2D eigenvalue weighted by atomic mass is 10.1. The summed E-state index contributed by atoms with van der Waals surface area (Å²) >= 11 is 0. The molecule has 0 fully saturated rings. The van der Waals surface area contributed by atoms with Crippen LogP contribution in [0.5, 0.6) is 11.5 Å². The quantitative estimate of drug-likeness (QED) is 0.405. The fraction of sp³-hybridized carbons (Fsp3) is 0.231. The Balaban J connectivity index is 1.73. The first-order chi connectivity index (χ1) is 14.3. The second kappa shape index (κ2) is 11.1. The van der Waals surface area contributed by atoms with Crippen molar-refractivity contribution in [1.82, 2.24) is 4.90 Å². The van der Waals surface area contributed by atoms with Gasteiger partial charge in [-0.1, -0.05) is 78.9 Å². The van der Waals surface area contributed by atoms with Crippen molar-refractivity contribution >= 4 is 0 Å². The molecular weight excluding hydrogens is 358 g/mol. The molecule has 0 aromatic heterocycles. The Bertz CT molecular complexity index is 878. The van der Waals surface area contributed by atoms with Gasteiger partial charge in [-0.25, -0.2) is 0 Å². The van der Waals surface area contributed by atoms with Crippen molar-refractivity contribution < 1.29 is 9.47 Å². The second-order valence-corrected chi connectivity index (χ2v) is 6.98. The van der Waals surface area contributed by atoms with Crippen LogP contribution >= 0.6 is 0 Å². The topological polar surface area (TPSA) is 21.7 Å². The molecule has 3 heteroatoms. The molecule has 0 amide bonds. The number of para-hydroxylation sites is 1. The van der Waals surface area contributed by atoms with E-state index in [0.29, 0.717) is 6.61 Å². The van der Waals surface area contributed by atoms with Crippen LogP contribution in [0.15, 0.2) is 91.5 Å². The third-order valence-electron chi connectivity index (χ3n) is 4.85. The molecule has 0 heterocycles. The maximum atomic E-state index is 6.21. The van der Waals surface area contributed by atoms with Crippen LogP contribution in [0.4, 0.5) is 0 Å². The molecule has 0 unspecified atom stereocenters. The number of methoxy groups -OCH3 is 1. The van der Waals surface area contributed by atoms with E-state index in [-0.39, 0.29) is 0 Å². The second-order valence-electron chi connectivity index (χ2n) is 6.98. The van der Waals surface area contributed by atoms with Gasteiger partial charge in [0.2, 0.25) is 0 Å². The summed E-state index contributed by atoms with van der Waals surface area (Å²) in [6.45, 7) is 6.99. The van der Waals surface area contributed by atoms with Crippen LogP contribution in [-0.4, -0.2) is 25.1 Å². The average molecular weight is 388 g/mol. The molecule has 150 valence electrons. The Hall–Kier alpha value is -3.04. The van der Waals surface area contributed by atoms with E-state index in [1.807, 2.05) is 36.4 Å². The molecule has 3 aromatic rings. The minimum atomic E-state index is 0.514. The lowest BCUT2D eigenvalue weighted by Gasteiger charge is -2.23. The lowest BCUT2D eigenvalue weighted by molar-refractivity contribution is 0.262. The Labute approximate surface area is 174 Å². The van der Waals surface area contributed by atoms with Crippen molar-refractivity contribution in [3.8, 4) is 11.5 Å². The Morgan fingerprint density at radius 1 is 0.862 bits per heavy atom. The number of hydrogen-bond donors (Lipinski definition) is 0. The van der Waals surface area contributed by atoms with Crippen molar-refractivity contribution in [1.29, 1.82) is 0 Å². The molecule has 3 nitrogen and oxygen atoms in total. The van der Waals surface area contributed by atoms with Gasteiger partial charge in [0, 0.05) is 25.2 Å². The van der Waals surface area contributed by atoms with E-state index in [9.17, 15) is 0 Å². The molecule has 0 spiro atoms. The molecule has 0 aliphatic carbocycles. The zero-order valence-electron chi connectivity index (χ0n) is 17.1. The standard InChI is InChI=1S/C26H29NO2/c1-3-18-27(19-17-22-11-6-4-7-12-22)20-24-15-10-16-25(28-2)26(24)29-21-23-13-8-5-9-14-23/h3-16H,1,17-21H2,2H3. The van der Waals surface area contributed by atoms with Crippen LogP contribution in [0.25, 0.3) is 0 Å². The van der Waals surface area contributed by atoms with Gasteiger partial charge in [0.15, 0.2) is 11.5 Å². The van der Waals surface area contributed by atoms with Gasteiger partial charge in [-0.3, -0.25) is 4.90 Å². The molecule has 29 heavy (non-hydrogen) atoms. The van der Waals surface area contributed by atoms with Gasteiger partial charge in [0.05, 0.1) is 7.11 Å². The molecule has 0 saturated carbocycles. The van der Waals surface area contributed by atoms with E-state index in [1.54, 1.807) is 7.11 Å². The van der Waals surface area contributed by atoms with Gasteiger partial charge < -0.3 is 9.47 Å². The van der Waals surface area contributed by atoms with E-state index in [4.69, 9.17) is 9.47 Å². The molecule has 0 aliphatic rings. The van der Waals surface area contributed by atoms with Crippen molar-refractivity contribution in [2.45, 2.75) is 19.6 Å². The number of nitrogens with zero attached hydrogens (tertiary/aromatic N) is 1. The summed E-state index contributed by atoms with van der Waals surface area (Å²) in [5, 5.41) is 0. The monoisotopic (exact) mass is 387 g/mol. The Morgan fingerprint density at radius 2 is 1.55 bits per heavy atom. The third kappa shape index (κ3) is 6.23. The van der Waals surface area contributed by atoms with Crippen LogP contribution in [0.3, 0.4) is 0 Å². The van der Waals surface area contributed by atoms with Gasteiger partial charge in [0.1, 0.15) is 6.61 Å². The summed E-state index contributed by atoms with van der Waals surface area (Å²) in [6.07, 6.45) is 2.95. The summed E-state index contributed by atoms with van der Waals surface area (Å²) in [5.74, 6) is 1.58. The predicted octanol–water partition coefficient (Wildman–Crippen LogP) is 5.50. The molecule has 3 aromatic carbocycles. The van der Waals surface area contributed by atoms with Crippen molar-refractivity contribution in [2.75, 3.05) is 20.2 Å². The van der Waals surface area contributed by atoms with Gasteiger partial charge in [-0.05, 0) is 23.6 Å². The fourth-order valence-corrected chi connectivity index (χ4v) is 3.33. The number of hydrogen-bond acceptors (Lipinski definition) is 3. The van der Waals surface area contributed by atoms with Crippen LogP contribution in [0, 0.1) is 0 Å². The summed E-state index contributed by atoms with van der Waals surface area (Å²) in [7, 11) is 1.69. The molecule has 0 saturated heterocycles. The predicted molar refractivity (Wildman–Crippen MR) is 119 cm³/mol. The highest BCUT2D eigenvalue weighted by Crippen LogP contribution is 2.32. The first-order valence-electron chi connectivity index (χ1n) is 10.00. The van der Waals surface area contributed by atoms with Crippen molar-refractivity contribution in [2.24, 2.45) is 0 Å². The van der Waals surface area contributed by atoms with Gasteiger partial charge >= 0.3 is 0 Å². The maximum Gasteiger partial charge on any atom is 0.166 e. The van der Waals surface area contributed by atoms with Crippen LogP contribution < -0.4 is 9.47 Å². The van der Waals surface area contributed by atoms with E-state index in [0.717, 1.165) is 48.7 Å². The smallest absolute Gasteiger partial charge is 0.166 e. The van der Waals surface area contributed by atoms with E-state index >= 15 is 0 Å². The van der Waals surface area contributed by atoms with E-state index < -0.39 is 0 Å². The first-order valence-corrected chi connectivity index (χ1v) is 10.00. The largest absolute Gasteiger partial charge is 0.493 e. The highest BCUT2D eigenvalue weighted by atomic mass is 16.5. The highest BCUT2D eigenvalue weighted by Gasteiger charge is 2.14. The summed E-state index contributed by atoms with van der Waals surface area (Å²) in [6, 6.07) is 26.9. The Morgan fingerprint density at radius 3 is 2.21 bits per heavy atom.